The van der Waals surface area contributed by atoms with E-state index in [1.807, 2.05) is 13.8 Å². The van der Waals surface area contributed by atoms with Crippen molar-refractivity contribution >= 4 is 0 Å². The molecule has 72 valence electrons. The Balaban J connectivity index is 2.57. The molecule has 0 aromatic carbocycles. The molecule has 1 heterocycles. The molecule has 0 aliphatic carbocycles. The minimum atomic E-state index is -2.71. The van der Waals surface area contributed by atoms with Gasteiger partial charge in [-0.05, 0) is 20.3 Å². The number of nitrogens with two attached hydrogens (primary N) is 1. The fourth-order valence-corrected chi connectivity index (χ4v) is 1.42. The molecular formula is C8H16F2N2. The van der Waals surface area contributed by atoms with E-state index in [9.17, 15) is 8.78 Å². The van der Waals surface area contributed by atoms with Crippen LogP contribution in [0.15, 0.2) is 0 Å². The van der Waals surface area contributed by atoms with Crippen LogP contribution in [-0.4, -0.2) is 36.0 Å². The first kappa shape index (κ1) is 9.86. The molecule has 2 nitrogen and oxygen atoms in total. The minimum Gasteiger partial charge on any atom is -0.323 e. The standard InChI is InChI=1S/C8H16F2N2/c1-6(2)12-4-3-7(11)8(9,10)5-12/h6-7H,3-5,11H2,1-2H3/t7-/m1/s1. The van der Waals surface area contributed by atoms with Crippen molar-refractivity contribution in [3.8, 4) is 0 Å². The molecule has 1 atom stereocenters. The van der Waals surface area contributed by atoms with Crippen molar-refractivity contribution in [3.63, 3.8) is 0 Å². The van der Waals surface area contributed by atoms with E-state index >= 15 is 0 Å². The Hall–Kier alpha value is -0.220. The van der Waals surface area contributed by atoms with Crippen LogP contribution in [0.25, 0.3) is 0 Å². The second-order valence-corrected chi connectivity index (χ2v) is 3.72. The summed E-state index contributed by atoms with van der Waals surface area (Å²) in [5.74, 6) is -2.71. The third kappa shape index (κ3) is 1.93. The summed E-state index contributed by atoms with van der Waals surface area (Å²) >= 11 is 0. The van der Waals surface area contributed by atoms with Crippen molar-refractivity contribution in [3.05, 3.63) is 0 Å². The highest BCUT2D eigenvalue weighted by molar-refractivity contribution is 4.90. The van der Waals surface area contributed by atoms with E-state index in [0.717, 1.165) is 0 Å². The van der Waals surface area contributed by atoms with Crippen molar-refractivity contribution < 1.29 is 8.78 Å². The van der Waals surface area contributed by atoms with Crippen molar-refractivity contribution in [2.24, 2.45) is 5.73 Å². The van der Waals surface area contributed by atoms with Crippen molar-refractivity contribution in [2.45, 2.75) is 38.3 Å². The van der Waals surface area contributed by atoms with E-state index in [1.165, 1.54) is 0 Å². The third-order valence-electron chi connectivity index (χ3n) is 2.41. The normalized spacial score (nSPS) is 31.0. The van der Waals surface area contributed by atoms with E-state index in [-0.39, 0.29) is 12.6 Å². The van der Waals surface area contributed by atoms with Gasteiger partial charge >= 0.3 is 0 Å². The highest BCUT2D eigenvalue weighted by Crippen LogP contribution is 2.26. The Morgan fingerprint density at radius 2 is 2.08 bits per heavy atom. The first-order chi connectivity index (χ1) is 5.43. The molecule has 4 heteroatoms. The Labute approximate surface area is 71.7 Å². The molecule has 0 radical (unpaired) electrons. The molecule has 0 unspecified atom stereocenters. The van der Waals surface area contributed by atoms with Crippen LogP contribution < -0.4 is 5.73 Å². The quantitative estimate of drug-likeness (QED) is 0.650. The monoisotopic (exact) mass is 178 g/mol. The highest BCUT2D eigenvalue weighted by atomic mass is 19.3. The molecule has 1 rings (SSSR count). The summed E-state index contributed by atoms with van der Waals surface area (Å²) in [6.07, 6.45) is 0.394. The van der Waals surface area contributed by atoms with Crippen molar-refractivity contribution in [2.75, 3.05) is 13.1 Å². The van der Waals surface area contributed by atoms with Crippen molar-refractivity contribution in [1.29, 1.82) is 0 Å². The Morgan fingerprint density at radius 3 is 2.50 bits per heavy atom. The Morgan fingerprint density at radius 1 is 1.50 bits per heavy atom. The second-order valence-electron chi connectivity index (χ2n) is 3.72. The predicted molar refractivity (Wildman–Crippen MR) is 44.2 cm³/mol. The number of alkyl halides is 2. The summed E-state index contributed by atoms with van der Waals surface area (Å²) in [4.78, 5) is 1.77. The number of piperidine rings is 1. The first-order valence-corrected chi connectivity index (χ1v) is 4.31. The largest absolute Gasteiger partial charge is 0.323 e. The maximum Gasteiger partial charge on any atom is 0.275 e. The molecule has 1 aliphatic heterocycles. The smallest absolute Gasteiger partial charge is 0.275 e. The summed E-state index contributed by atoms with van der Waals surface area (Å²) in [6.45, 7) is 4.35. The lowest BCUT2D eigenvalue weighted by molar-refractivity contribution is -0.0866. The average Bonchev–Trinajstić information content (AvgIpc) is 1.94. The van der Waals surface area contributed by atoms with Crippen LogP contribution in [-0.2, 0) is 0 Å². The van der Waals surface area contributed by atoms with Gasteiger partial charge in [-0.2, -0.15) is 0 Å². The lowest BCUT2D eigenvalue weighted by Crippen LogP contribution is -2.56. The summed E-state index contributed by atoms with van der Waals surface area (Å²) in [5, 5.41) is 0. The van der Waals surface area contributed by atoms with Crippen LogP contribution in [0, 0.1) is 0 Å². The number of hydrogen-bond acceptors (Lipinski definition) is 2. The van der Waals surface area contributed by atoms with Crippen LogP contribution in [0.3, 0.4) is 0 Å². The zero-order valence-corrected chi connectivity index (χ0v) is 7.56. The van der Waals surface area contributed by atoms with E-state index in [2.05, 4.69) is 0 Å². The molecule has 0 saturated carbocycles. The number of hydrogen-bond donors (Lipinski definition) is 1. The van der Waals surface area contributed by atoms with Gasteiger partial charge in [-0.15, -0.1) is 0 Å². The number of halogens is 2. The van der Waals surface area contributed by atoms with Gasteiger partial charge in [-0.1, -0.05) is 0 Å². The summed E-state index contributed by atoms with van der Waals surface area (Å²) < 4.78 is 26.1. The van der Waals surface area contributed by atoms with E-state index in [4.69, 9.17) is 5.73 Å². The third-order valence-corrected chi connectivity index (χ3v) is 2.41. The highest BCUT2D eigenvalue weighted by Gasteiger charge is 2.42. The van der Waals surface area contributed by atoms with E-state index < -0.39 is 12.0 Å². The fraction of sp³-hybridized carbons (Fsp3) is 1.00. The molecule has 1 fully saturated rings. The molecule has 1 saturated heterocycles. The molecule has 0 aromatic rings. The summed E-state index contributed by atoms with van der Waals surface area (Å²) in [6, 6.07) is -0.768. The molecule has 1 aliphatic rings. The van der Waals surface area contributed by atoms with Crippen LogP contribution in [0.2, 0.25) is 0 Å². The SMILES string of the molecule is CC(C)N1CC[C@@H](N)C(F)(F)C1. The topological polar surface area (TPSA) is 29.3 Å². The van der Waals surface area contributed by atoms with E-state index in [0.29, 0.717) is 13.0 Å². The van der Waals surface area contributed by atoms with Gasteiger partial charge in [0.25, 0.3) is 5.92 Å². The molecular weight excluding hydrogens is 162 g/mol. The molecule has 0 aromatic heterocycles. The van der Waals surface area contributed by atoms with Crippen molar-refractivity contribution in [1.82, 2.24) is 4.90 Å². The van der Waals surface area contributed by atoms with Crippen LogP contribution >= 0.6 is 0 Å². The van der Waals surface area contributed by atoms with E-state index in [1.54, 1.807) is 4.90 Å². The van der Waals surface area contributed by atoms with Gasteiger partial charge in [0.2, 0.25) is 0 Å². The van der Waals surface area contributed by atoms with Gasteiger partial charge in [-0.25, -0.2) is 8.78 Å². The van der Waals surface area contributed by atoms with Gasteiger partial charge < -0.3 is 5.73 Å². The van der Waals surface area contributed by atoms with Gasteiger partial charge in [0.15, 0.2) is 0 Å². The lowest BCUT2D eigenvalue weighted by Gasteiger charge is -2.38. The predicted octanol–water partition coefficient (Wildman–Crippen LogP) is 1.06. The van der Waals surface area contributed by atoms with Gasteiger partial charge in [-0.3, -0.25) is 4.90 Å². The first-order valence-electron chi connectivity index (χ1n) is 4.31. The minimum absolute atomic E-state index is 0.184. The number of rotatable bonds is 1. The average molecular weight is 178 g/mol. The summed E-state index contributed by atoms with van der Waals surface area (Å²) in [7, 11) is 0. The maximum absolute atomic E-state index is 13.0. The Bertz CT molecular complexity index is 159. The van der Waals surface area contributed by atoms with Crippen LogP contribution in [0.4, 0.5) is 8.78 Å². The molecule has 0 amide bonds. The van der Waals surface area contributed by atoms with Gasteiger partial charge in [0.05, 0.1) is 12.6 Å². The Kier molecular flexibility index (Phi) is 2.68. The molecule has 0 bridgehead atoms. The zero-order valence-electron chi connectivity index (χ0n) is 7.56. The van der Waals surface area contributed by atoms with Gasteiger partial charge in [0, 0.05) is 12.6 Å². The lowest BCUT2D eigenvalue weighted by atomic mass is 10.0. The summed E-state index contributed by atoms with van der Waals surface area (Å²) in [5.41, 5.74) is 5.30. The van der Waals surface area contributed by atoms with Crippen LogP contribution in [0.1, 0.15) is 20.3 Å². The molecule has 0 spiro atoms. The fourth-order valence-electron chi connectivity index (χ4n) is 1.42. The molecule has 12 heavy (non-hydrogen) atoms. The number of likely N-dealkylation sites (tertiary alicyclic amines) is 1. The van der Waals surface area contributed by atoms with Gasteiger partial charge in [0.1, 0.15) is 0 Å². The number of nitrogens with zero attached hydrogens (tertiary/aromatic N) is 1. The van der Waals surface area contributed by atoms with Crippen LogP contribution in [0.5, 0.6) is 0 Å². The maximum atomic E-state index is 13.0. The second kappa shape index (κ2) is 3.26. The molecule has 2 N–H and O–H groups in total. The zero-order chi connectivity index (χ0) is 9.35.